The van der Waals surface area contributed by atoms with Crippen LogP contribution in [0.1, 0.15) is 36.9 Å². The standard InChI is InChI=1S/C14H22BrN3O2S.ClH/c1-8(2)6-10(7-16)18-13(19)9(3)17-14(20)11-4-5-12(15)21-11;/h4-5,8-10H,6-7,16H2,1-3H3,(H,17,20)(H,18,19);1H. The zero-order valence-electron chi connectivity index (χ0n) is 12.9. The van der Waals surface area contributed by atoms with Crippen molar-refractivity contribution in [3.63, 3.8) is 0 Å². The molecule has 1 aromatic heterocycles. The van der Waals surface area contributed by atoms with Crippen molar-refractivity contribution in [1.29, 1.82) is 0 Å². The fourth-order valence-electron chi connectivity index (χ4n) is 1.88. The summed E-state index contributed by atoms with van der Waals surface area (Å²) in [5.74, 6) is -0.0104. The Labute approximate surface area is 150 Å². The summed E-state index contributed by atoms with van der Waals surface area (Å²) in [4.78, 5) is 24.6. The Morgan fingerprint density at radius 1 is 1.27 bits per heavy atom. The van der Waals surface area contributed by atoms with Gasteiger partial charge in [0.1, 0.15) is 6.04 Å². The molecule has 126 valence electrons. The lowest BCUT2D eigenvalue weighted by Crippen LogP contribution is -2.50. The SMILES string of the molecule is CC(C)CC(CN)NC(=O)C(C)NC(=O)c1ccc(Br)s1.Cl. The number of nitrogens with two attached hydrogens (primary N) is 1. The lowest BCUT2D eigenvalue weighted by atomic mass is 10.0. The molecule has 2 amide bonds. The maximum atomic E-state index is 12.1. The van der Waals surface area contributed by atoms with Gasteiger partial charge in [0.15, 0.2) is 0 Å². The van der Waals surface area contributed by atoms with Crippen molar-refractivity contribution in [1.82, 2.24) is 10.6 Å². The Kier molecular flexibility index (Phi) is 9.91. The van der Waals surface area contributed by atoms with Gasteiger partial charge < -0.3 is 16.4 Å². The second kappa shape index (κ2) is 10.2. The molecule has 0 spiro atoms. The molecule has 22 heavy (non-hydrogen) atoms. The van der Waals surface area contributed by atoms with E-state index < -0.39 is 6.04 Å². The molecule has 1 heterocycles. The largest absolute Gasteiger partial charge is 0.350 e. The van der Waals surface area contributed by atoms with E-state index in [0.717, 1.165) is 10.2 Å². The van der Waals surface area contributed by atoms with Gasteiger partial charge in [-0.25, -0.2) is 0 Å². The Balaban J connectivity index is 0.00000441. The molecule has 5 nitrogen and oxygen atoms in total. The highest BCUT2D eigenvalue weighted by molar-refractivity contribution is 9.11. The smallest absolute Gasteiger partial charge is 0.262 e. The van der Waals surface area contributed by atoms with Gasteiger partial charge in [0.05, 0.1) is 8.66 Å². The molecule has 4 N–H and O–H groups in total. The van der Waals surface area contributed by atoms with Gasteiger partial charge >= 0.3 is 0 Å². The Bertz CT molecular complexity index is 496. The van der Waals surface area contributed by atoms with Gasteiger partial charge in [-0.3, -0.25) is 9.59 Å². The molecule has 0 aromatic carbocycles. The maximum absolute atomic E-state index is 12.1. The molecule has 0 saturated carbocycles. The molecule has 1 aromatic rings. The molecular weight excluding hydrogens is 390 g/mol. The summed E-state index contributed by atoms with van der Waals surface area (Å²) in [5.41, 5.74) is 5.66. The van der Waals surface area contributed by atoms with E-state index in [1.165, 1.54) is 11.3 Å². The summed E-state index contributed by atoms with van der Waals surface area (Å²) in [6.07, 6.45) is 0.820. The van der Waals surface area contributed by atoms with Crippen LogP contribution in [0.4, 0.5) is 0 Å². The number of thiophene rings is 1. The van der Waals surface area contributed by atoms with E-state index in [1.807, 2.05) is 0 Å². The Morgan fingerprint density at radius 3 is 2.36 bits per heavy atom. The van der Waals surface area contributed by atoms with Crippen LogP contribution in [0.15, 0.2) is 15.9 Å². The highest BCUT2D eigenvalue weighted by Gasteiger charge is 2.20. The summed E-state index contributed by atoms with van der Waals surface area (Å²) in [5, 5.41) is 5.57. The first kappa shape index (κ1) is 21.4. The maximum Gasteiger partial charge on any atom is 0.262 e. The van der Waals surface area contributed by atoms with Crippen molar-refractivity contribution in [2.45, 2.75) is 39.3 Å². The number of hydrogen-bond acceptors (Lipinski definition) is 4. The fourth-order valence-corrected chi connectivity index (χ4v) is 3.17. The molecule has 0 aliphatic carbocycles. The minimum atomic E-state index is -0.598. The van der Waals surface area contributed by atoms with Crippen LogP contribution >= 0.6 is 39.7 Å². The van der Waals surface area contributed by atoms with Crippen molar-refractivity contribution < 1.29 is 9.59 Å². The molecule has 0 aliphatic heterocycles. The first-order chi connectivity index (χ1) is 9.83. The number of nitrogens with one attached hydrogen (secondary N) is 2. The van der Waals surface area contributed by atoms with Gasteiger partial charge in [0.2, 0.25) is 5.91 Å². The average Bonchev–Trinajstić information content (AvgIpc) is 2.83. The predicted molar refractivity (Wildman–Crippen MR) is 96.6 cm³/mol. The second-order valence-corrected chi connectivity index (χ2v) is 7.83. The zero-order valence-corrected chi connectivity index (χ0v) is 16.1. The monoisotopic (exact) mass is 411 g/mol. The number of hydrogen-bond donors (Lipinski definition) is 3. The second-order valence-electron chi connectivity index (χ2n) is 5.37. The highest BCUT2D eigenvalue weighted by atomic mass is 79.9. The van der Waals surface area contributed by atoms with Crippen LogP contribution in [0.3, 0.4) is 0 Å². The average molecular weight is 413 g/mol. The van der Waals surface area contributed by atoms with E-state index in [1.54, 1.807) is 19.1 Å². The summed E-state index contributed by atoms with van der Waals surface area (Å²) in [6, 6.07) is 2.86. The third kappa shape index (κ3) is 7.09. The molecule has 0 fully saturated rings. The summed E-state index contributed by atoms with van der Waals surface area (Å²) in [6.45, 7) is 6.21. The lowest BCUT2D eigenvalue weighted by molar-refractivity contribution is -0.123. The van der Waals surface area contributed by atoms with Gasteiger partial charge in [0, 0.05) is 12.6 Å². The van der Waals surface area contributed by atoms with Crippen LogP contribution < -0.4 is 16.4 Å². The van der Waals surface area contributed by atoms with E-state index in [2.05, 4.69) is 40.4 Å². The predicted octanol–water partition coefficient (Wildman–Crippen LogP) is 2.54. The van der Waals surface area contributed by atoms with Crippen LogP contribution in [0.25, 0.3) is 0 Å². The van der Waals surface area contributed by atoms with Gasteiger partial charge in [-0.2, -0.15) is 0 Å². The van der Waals surface area contributed by atoms with Crippen molar-refractivity contribution in [3.8, 4) is 0 Å². The number of amides is 2. The van der Waals surface area contributed by atoms with E-state index >= 15 is 0 Å². The molecule has 8 heteroatoms. The first-order valence-electron chi connectivity index (χ1n) is 6.90. The van der Waals surface area contributed by atoms with Crippen LogP contribution in [0.5, 0.6) is 0 Å². The van der Waals surface area contributed by atoms with E-state index in [4.69, 9.17) is 5.73 Å². The Hall–Kier alpha value is -0.630. The first-order valence-corrected chi connectivity index (χ1v) is 8.51. The molecule has 2 unspecified atom stereocenters. The molecular formula is C14H23BrClN3O2S. The molecule has 0 bridgehead atoms. The van der Waals surface area contributed by atoms with E-state index in [-0.39, 0.29) is 30.3 Å². The quantitative estimate of drug-likeness (QED) is 0.643. The Morgan fingerprint density at radius 2 is 1.91 bits per heavy atom. The zero-order chi connectivity index (χ0) is 16.0. The van der Waals surface area contributed by atoms with Crippen molar-refractivity contribution in [2.75, 3.05) is 6.54 Å². The lowest BCUT2D eigenvalue weighted by Gasteiger charge is -2.21. The van der Waals surface area contributed by atoms with Gasteiger partial charge in [-0.05, 0) is 47.3 Å². The third-order valence-electron chi connectivity index (χ3n) is 2.92. The number of halogens is 2. The fraction of sp³-hybridized carbons (Fsp3) is 0.571. The van der Waals surface area contributed by atoms with Gasteiger partial charge in [-0.15, -0.1) is 23.7 Å². The minimum absolute atomic E-state index is 0. The topological polar surface area (TPSA) is 84.2 Å². The van der Waals surface area contributed by atoms with Gasteiger partial charge in [0.25, 0.3) is 5.91 Å². The molecule has 0 saturated heterocycles. The summed E-state index contributed by atoms with van der Waals surface area (Å²) >= 11 is 4.64. The van der Waals surface area contributed by atoms with Crippen molar-refractivity contribution in [2.24, 2.45) is 11.7 Å². The number of rotatable bonds is 7. The van der Waals surface area contributed by atoms with Gasteiger partial charge in [-0.1, -0.05) is 13.8 Å². The molecule has 1 rings (SSSR count). The van der Waals surface area contributed by atoms with E-state index in [0.29, 0.717) is 17.3 Å². The van der Waals surface area contributed by atoms with Crippen LogP contribution in [0, 0.1) is 5.92 Å². The van der Waals surface area contributed by atoms with Crippen molar-refractivity contribution in [3.05, 3.63) is 20.8 Å². The molecule has 2 atom stereocenters. The number of carbonyl (C=O) groups is 2. The molecule has 0 radical (unpaired) electrons. The van der Waals surface area contributed by atoms with Crippen molar-refractivity contribution >= 4 is 51.5 Å². The molecule has 0 aliphatic rings. The summed E-state index contributed by atoms with van der Waals surface area (Å²) < 4.78 is 0.880. The van der Waals surface area contributed by atoms with Crippen LogP contribution in [-0.2, 0) is 4.79 Å². The van der Waals surface area contributed by atoms with Crippen LogP contribution in [0.2, 0.25) is 0 Å². The normalized spacial score (nSPS) is 13.2. The van der Waals surface area contributed by atoms with E-state index in [9.17, 15) is 9.59 Å². The summed E-state index contributed by atoms with van der Waals surface area (Å²) in [7, 11) is 0. The number of carbonyl (C=O) groups excluding carboxylic acids is 2. The highest BCUT2D eigenvalue weighted by Crippen LogP contribution is 2.21. The minimum Gasteiger partial charge on any atom is -0.350 e. The van der Waals surface area contributed by atoms with Crippen LogP contribution in [-0.4, -0.2) is 30.4 Å². The third-order valence-corrected chi connectivity index (χ3v) is 4.55.